The summed E-state index contributed by atoms with van der Waals surface area (Å²) in [5, 5.41) is 2.91. The van der Waals surface area contributed by atoms with Crippen molar-refractivity contribution in [2.75, 3.05) is 37.7 Å². The molecule has 0 saturated carbocycles. The van der Waals surface area contributed by atoms with E-state index in [0.29, 0.717) is 24.2 Å². The predicted octanol–water partition coefficient (Wildman–Crippen LogP) is 1.62. The molecule has 2 atom stereocenters. The average molecular weight is 290 g/mol. The first-order valence-electron chi connectivity index (χ1n) is 7.55. The molecule has 21 heavy (non-hydrogen) atoms. The van der Waals surface area contributed by atoms with Crippen LogP contribution in [0.2, 0.25) is 0 Å². The molecule has 3 N–H and O–H groups in total. The third-order valence-corrected chi connectivity index (χ3v) is 4.28. The molecule has 2 unspecified atom stereocenters. The molecule has 1 aromatic carbocycles. The average Bonchev–Trinajstić information content (AvgIpc) is 2.45. The fourth-order valence-electron chi connectivity index (χ4n) is 2.75. The Labute approximate surface area is 127 Å². The fraction of sp³-hybridized carbons (Fsp3) is 0.562. The lowest BCUT2D eigenvalue weighted by atomic mass is 10.1. The van der Waals surface area contributed by atoms with Gasteiger partial charge in [-0.1, -0.05) is 0 Å². The number of piperazine rings is 1. The van der Waals surface area contributed by atoms with Crippen LogP contribution in [0.5, 0.6) is 0 Å². The molecule has 1 aromatic rings. The highest BCUT2D eigenvalue weighted by atomic mass is 16.1. The molecule has 1 saturated heterocycles. The molecular weight excluding hydrogens is 264 g/mol. The van der Waals surface area contributed by atoms with E-state index >= 15 is 0 Å². The number of carbonyl (C=O) groups is 1. The van der Waals surface area contributed by atoms with Crippen molar-refractivity contribution in [2.24, 2.45) is 0 Å². The number of nitrogens with zero attached hydrogens (tertiary/aromatic N) is 2. The highest BCUT2D eigenvalue weighted by Gasteiger charge is 2.26. The van der Waals surface area contributed by atoms with E-state index in [-0.39, 0.29) is 5.91 Å². The summed E-state index contributed by atoms with van der Waals surface area (Å²) >= 11 is 0. The number of hydrogen-bond donors (Lipinski definition) is 2. The summed E-state index contributed by atoms with van der Waals surface area (Å²) in [5.74, 6) is 0.0546. The molecule has 116 valence electrons. The number of nitrogen functional groups attached to an aromatic ring is 1. The lowest BCUT2D eigenvalue weighted by Crippen LogP contribution is -2.55. The molecule has 0 bridgehead atoms. The van der Waals surface area contributed by atoms with Gasteiger partial charge >= 0.3 is 0 Å². The quantitative estimate of drug-likeness (QED) is 0.827. The summed E-state index contributed by atoms with van der Waals surface area (Å²) in [6.07, 6.45) is 0.521. The second-order valence-corrected chi connectivity index (χ2v) is 6.04. The molecule has 1 aliphatic rings. The van der Waals surface area contributed by atoms with Gasteiger partial charge in [-0.05, 0) is 45.2 Å². The summed E-state index contributed by atoms with van der Waals surface area (Å²) < 4.78 is 0. The molecule has 0 spiro atoms. The van der Waals surface area contributed by atoms with E-state index in [4.69, 9.17) is 5.73 Å². The zero-order chi connectivity index (χ0) is 15.4. The van der Waals surface area contributed by atoms with Crippen molar-refractivity contribution >= 4 is 17.3 Å². The molecular formula is C16H26N4O. The molecule has 0 aromatic heterocycles. The Morgan fingerprint density at radius 2 is 1.81 bits per heavy atom. The Bertz CT molecular complexity index is 462. The van der Waals surface area contributed by atoms with E-state index in [9.17, 15) is 4.79 Å². The highest BCUT2D eigenvalue weighted by molar-refractivity contribution is 5.90. The minimum Gasteiger partial charge on any atom is -0.399 e. The smallest absolute Gasteiger partial charge is 0.225 e. The van der Waals surface area contributed by atoms with Gasteiger partial charge in [0.1, 0.15) is 0 Å². The Balaban J connectivity index is 1.77. The number of anilines is 2. The highest BCUT2D eigenvalue weighted by Crippen LogP contribution is 2.14. The predicted molar refractivity (Wildman–Crippen MR) is 87.2 cm³/mol. The summed E-state index contributed by atoms with van der Waals surface area (Å²) in [4.78, 5) is 16.8. The Kier molecular flexibility index (Phi) is 5.20. The van der Waals surface area contributed by atoms with Gasteiger partial charge in [-0.25, -0.2) is 0 Å². The van der Waals surface area contributed by atoms with Gasteiger partial charge in [0.2, 0.25) is 5.91 Å². The summed E-state index contributed by atoms with van der Waals surface area (Å²) in [6.45, 7) is 7.32. The maximum Gasteiger partial charge on any atom is 0.225 e. The van der Waals surface area contributed by atoms with Crippen LogP contribution < -0.4 is 11.1 Å². The normalized spacial score (nSPS) is 24.0. The number of likely N-dealkylation sites (N-methyl/N-ethyl adjacent to an activating group) is 1. The van der Waals surface area contributed by atoms with Gasteiger partial charge < -0.3 is 11.1 Å². The number of amides is 1. The number of nitrogens with one attached hydrogen (secondary N) is 1. The molecule has 1 heterocycles. The topological polar surface area (TPSA) is 61.6 Å². The number of benzene rings is 1. The molecule has 0 radical (unpaired) electrons. The maximum absolute atomic E-state index is 12.0. The van der Waals surface area contributed by atoms with E-state index in [1.54, 1.807) is 12.1 Å². The van der Waals surface area contributed by atoms with Gasteiger partial charge in [-0.15, -0.1) is 0 Å². The fourth-order valence-corrected chi connectivity index (χ4v) is 2.75. The van der Waals surface area contributed by atoms with Crippen molar-refractivity contribution in [2.45, 2.75) is 32.4 Å². The number of rotatable bonds is 4. The third kappa shape index (κ3) is 4.44. The lowest BCUT2D eigenvalue weighted by Gasteiger charge is -2.42. The molecule has 1 fully saturated rings. The van der Waals surface area contributed by atoms with Crippen LogP contribution in [0.4, 0.5) is 11.4 Å². The summed E-state index contributed by atoms with van der Waals surface area (Å²) in [5.41, 5.74) is 7.13. The summed E-state index contributed by atoms with van der Waals surface area (Å²) in [7, 11) is 2.17. The van der Waals surface area contributed by atoms with Crippen LogP contribution in [0.1, 0.15) is 20.3 Å². The zero-order valence-corrected chi connectivity index (χ0v) is 13.2. The largest absolute Gasteiger partial charge is 0.399 e. The molecule has 5 nitrogen and oxygen atoms in total. The van der Waals surface area contributed by atoms with E-state index in [0.717, 1.165) is 25.3 Å². The first kappa shape index (κ1) is 15.8. The van der Waals surface area contributed by atoms with Crippen molar-refractivity contribution in [1.29, 1.82) is 0 Å². The number of hydrogen-bond acceptors (Lipinski definition) is 4. The van der Waals surface area contributed by atoms with Crippen LogP contribution in [0.3, 0.4) is 0 Å². The molecule has 5 heteroatoms. The minimum absolute atomic E-state index is 0.0546. The van der Waals surface area contributed by atoms with Crippen LogP contribution in [0, 0.1) is 0 Å². The Hall–Kier alpha value is -1.59. The van der Waals surface area contributed by atoms with E-state index in [1.165, 1.54) is 0 Å². The van der Waals surface area contributed by atoms with Crippen molar-refractivity contribution in [3.05, 3.63) is 24.3 Å². The number of nitrogens with two attached hydrogens (primary N) is 1. The van der Waals surface area contributed by atoms with Crippen LogP contribution in [-0.4, -0.2) is 54.5 Å². The molecule has 1 aliphatic heterocycles. The van der Waals surface area contributed by atoms with Gasteiger partial charge in [0.25, 0.3) is 0 Å². The van der Waals surface area contributed by atoms with E-state index < -0.39 is 0 Å². The van der Waals surface area contributed by atoms with Crippen LogP contribution in [0.25, 0.3) is 0 Å². The monoisotopic (exact) mass is 290 g/mol. The van der Waals surface area contributed by atoms with Gasteiger partial charge in [0.15, 0.2) is 0 Å². The van der Waals surface area contributed by atoms with Crippen molar-refractivity contribution in [3.63, 3.8) is 0 Å². The van der Waals surface area contributed by atoms with Crippen LogP contribution >= 0.6 is 0 Å². The second kappa shape index (κ2) is 6.91. The second-order valence-electron chi connectivity index (χ2n) is 6.04. The zero-order valence-electron chi connectivity index (χ0n) is 13.2. The Morgan fingerprint density at radius 1 is 1.24 bits per heavy atom. The maximum atomic E-state index is 12.0. The lowest BCUT2D eigenvalue weighted by molar-refractivity contribution is -0.116. The van der Waals surface area contributed by atoms with Crippen LogP contribution in [0.15, 0.2) is 24.3 Å². The van der Waals surface area contributed by atoms with Gasteiger partial charge in [0.05, 0.1) is 0 Å². The van der Waals surface area contributed by atoms with Gasteiger partial charge in [-0.2, -0.15) is 0 Å². The SMILES string of the molecule is CC1CN(CCC(=O)Nc2ccc(N)cc2)CC(C)N1C. The molecule has 2 rings (SSSR count). The molecule has 1 amide bonds. The summed E-state index contributed by atoms with van der Waals surface area (Å²) in [6, 6.07) is 8.31. The first-order chi connectivity index (χ1) is 9.95. The third-order valence-electron chi connectivity index (χ3n) is 4.28. The van der Waals surface area contributed by atoms with Gasteiger partial charge in [0, 0.05) is 49.5 Å². The number of carbonyl (C=O) groups excluding carboxylic acids is 1. The minimum atomic E-state index is 0.0546. The van der Waals surface area contributed by atoms with E-state index in [2.05, 4.69) is 36.0 Å². The van der Waals surface area contributed by atoms with Gasteiger partial charge in [-0.3, -0.25) is 14.6 Å². The Morgan fingerprint density at radius 3 is 2.38 bits per heavy atom. The standard InChI is InChI=1S/C16H26N4O/c1-12-10-20(11-13(2)19(12)3)9-8-16(21)18-15-6-4-14(17)5-7-15/h4-7,12-13H,8-11,17H2,1-3H3,(H,18,21). The van der Waals surface area contributed by atoms with Crippen LogP contribution in [-0.2, 0) is 4.79 Å². The molecule has 0 aliphatic carbocycles. The van der Waals surface area contributed by atoms with Crippen molar-refractivity contribution in [3.8, 4) is 0 Å². The first-order valence-corrected chi connectivity index (χ1v) is 7.55. The van der Waals surface area contributed by atoms with E-state index in [1.807, 2.05) is 12.1 Å². The van der Waals surface area contributed by atoms with Crippen molar-refractivity contribution < 1.29 is 4.79 Å². The van der Waals surface area contributed by atoms with Crippen molar-refractivity contribution in [1.82, 2.24) is 9.80 Å².